The largest absolute Gasteiger partial charge is 0.330 e. The van der Waals surface area contributed by atoms with E-state index < -0.39 is 0 Å². The molecule has 0 spiro atoms. The number of carbonyl (C=O) groups excluding carboxylic acids is 1. The fourth-order valence-electron chi connectivity index (χ4n) is 3.16. The van der Waals surface area contributed by atoms with Gasteiger partial charge in [0, 0.05) is 25.4 Å². The number of hydrogen-bond acceptors (Lipinski definition) is 4. The van der Waals surface area contributed by atoms with E-state index in [0.29, 0.717) is 5.69 Å². The Labute approximate surface area is 139 Å². The van der Waals surface area contributed by atoms with E-state index in [0.717, 1.165) is 30.6 Å². The van der Waals surface area contributed by atoms with E-state index in [2.05, 4.69) is 15.3 Å². The first-order valence-electron chi connectivity index (χ1n) is 7.99. The minimum absolute atomic E-state index is 0.0630. The van der Waals surface area contributed by atoms with E-state index in [-0.39, 0.29) is 11.9 Å². The third-order valence-electron chi connectivity index (χ3n) is 4.32. The van der Waals surface area contributed by atoms with Gasteiger partial charge in [-0.15, -0.1) is 5.10 Å². The predicted molar refractivity (Wildman–Crippen MR) is 87.6 cm³/mol. The van der Waals surface area contributed by atoms with Gasteiger partial charge >= 0.3 is 0 Å². The monoisotopic (exact) mass is 322 g/mol. The quantitative estimate of drug-likeness (QED) is 0.739. The van der Waals surface area contributed by atoms with Crippen molar-refractivity contribution in [3.05, 3.63) is 60.2 Å². The lowest BCUT2D eigenvalue weighted by atomic mass is 10.1. The second kappa shape index (κ2) is 5.92. The smallest absolute Gasteiger partial charge is 0.276 e. The number of aryl methyl sites for hydroxylation is 1. The van der Waals surface area contributed by atoms with E-state index in [9.17, 15) is 4.79 Å². The zero-order valence-electron chi connectivity index (χ0n) is 13.4. The molecule has 3 heterocycles. The van der Waals surface area contributed by atoms with Crippen molar-refractivity contribution < 1.29 is 4.79 Å². The normalized spacial score (nSPS) is 17.4. The van der Waals surface area contributed by atoms with E-state index in [1.807, 2.05) is 54.7 Å². The summed E-state index contributed by atoms with van der Waals surface area (Å²) in [5.74, 6) is -0.0801. The summed E-state index contributed by atoms with van der Waals surface area (Å²) in [6, 6.07) is 9.64. The maximum Gasteiger partial charge on any atom is 0.276 e. The summed E-state index contributed by atoms with van der Waals surface area (Å²) in [7, 11) is 1.88. The molecule has 7 heteroatoms. The summed E-state index contributed by atoms with van der Waals surface area (Å²) in [4.78, 5) is 16.2. The summed E-state index contributed by atoms with van der Waals surface area (Å²) >= 11 is 0. The molecular weight excluding hydrogens is 304 g/mol. The molecule has 4 rings (SSSR count). The molecule has 0 N–H and O–H groups in total. The number of benzene rings is 1. The zero-order valence-corrected chi connectivity index (χ0v) is 13.4. The van der Waals surface area contributed by atoms with Crippen LogP contribution in [0.4, 0.5) is 0 Å². The van der Waals surface area contributed by atoms with Crippen molar-refractivity contribution in [3.63, 3.8) is 0 Å². The van der Waals surface area contributed by atoms with E-state index in [1.165, 1.54) is 11.0 Å². The van der Waals surface area contributed by atoms with Gasteiger partial charge in [-0.1, -0.05) is 18.2 Å². The molecule has 1 atom stereocenters. The number of carbonyl (C=O) groups is 1. The van der Waals surface area contributed by atoms with Gasteiger partial charge in [-0.05, 0) is 25.0 Å². The van der Waals surface area contributed by atoms with Gasteiger partial charge in [0.15, 0.2) is 5.69 Å². The van der Waals surface area contributed by atoms with Crippen LogP contribution in [0.25, 0.3) is 5.69 Å². The summed E-state index contributed by atoms with van der Waals surface area (Å²) < 4.78 is 1.77. The highest BCUT2D eigenvalue weighted by molar-refractivity contribution is 5.92. The molecule has 0 bridgehead atoms. The standard InChI is InChI=1S/C17H18N6O/c1-21-12-13(10-18-21)16-8-5-9-22(16)17(24)15-11-19-23(20-15)14-6-3-2-4-7-14/h2-4,6-7,10-12,16H,5,8-9H2,1H3/t16-/m1/s1. The first-order valence-corrected chi connectivity index (χ1v) is 7.99. The fraction of sp³-hybridized carbons (Fsp3) is 0.294. The Morgan fingerprint density at radius 2 is 2.00 bits per heavy atom. The van der Waals surface area contributed by atoms with Crippen molar-refractivity contribution in [1.82, 2.24) is 29.7 Å². The Bertz CT molecular complexity index is 853. The number of amides is 1. The second-order valence-electron chi connectivity index (χ2n) is 5.96. The minimum atomic E-state index is -0.0801. The molecule has 0 radical (unpaired) electrons. The molecule has 3 aromatic rings. The molecule has 1 aliphatic heterocycles. The molecule has 0 aliphatic carbocycles. The average Bonchev–Trinajstić information content (AvgIpc) is 3.35. The Morgan fingerprint density at radius 1 is 1.17 bits per heavy atom. The minimum Gasteiger partial charge on any atom is -0.330 e. The summed E-state index contributed by atoms with van der Waals surface area (Å²) in [6.45, 7) is 0.733. The van der Waals surface area contributed by atoms with Crippen molar-refractivity contribution in [2.24, 2.45) is 7.05 Å². The van der Waals surface area contributed by atoms with Gasteiger partial charge in [-0.3, -0.25) is 9.48 Å². The van der Waals surface area contributed by atoms with Gasteiger partial charge in [-0.25, -0.2) is 0 Å². The van der Waals surface area contributed by atoms with Crippen molar-refractivity contribution >= 4 is 5.91 Å². The first-order chi connectivity index (χ1) is 11.7. The van der Waals surface area contributed by atoms with Crippen LogP contribution in [0.5, 0.6) is 0 Å². The lowest BCUT2D eigenvalue weighted by molar-refractivity contribution is 0.0729. The highest BCUT2D eigenvalue weighted by atomic mass is 16.2. The Hall–Kier alpha value is -2.96. The number of aromatic nitrogens is 5. The molecule has 1 amide bonds. The van der Waals surface area contributed by atoms with Crippen LogP contribution in [0, 0.1) is 0 Å². The van der Waals surface area contributed by atoms with Gasteiger partial charge in [-0.2, -0.15) is 15.0 Å². The van der Waals surface area contributed by atoms with Gasteiger partial charge in [0.25, 0.3) is 5.91 Å². The molecule has 1 saturated heterocycles. The Kier molecular flexibility index (Phi) is 3.60. The molecular formula is C17H18N6O. The molecule has 1 aliphatic rings. The summed E-state index contributed by atoms with van der Waals surface area (Å²) in [6.07, 6.45) is 7.27. The predicted octanol–water partition coefficient (Wildman–Crippen LogP) is 1.98. The molecule has 122 valence electrons. The van der Waals surface area contributed by atoms with Crippen molar-refractivity contribution in [3.8, 4) is 5.69 Å². The molecule has 24 heavy (non-hydrogen) atoms. The van der Waals surface area contributed by atoms with E-state index >= 15 is 0 Å². The zero-order chi connectivity index (χ0) is 16.5. The van der Waals surface area contributed by atoms with E-state index in [1.54, 1.807) is 4.68 Å². The van der Waals surface area contributed by atoms with Crippen LogP contribution < -0.4 is 0 Å². The topological polar surface area (TPSA) is 68.8 Å². The number of hydrogen-bond donors (Lipinski definition) is 0. The highest BCUT2D eigenvalue weighted by Crippen LogP contribution is 2.32. The third-order valence-corrected chi connectivity index (χ3v) is 4.32. The van der Waals surface area contributed by atoms with Gasteiger partial charge in [0.05, 0.1) is 24.1 Å². The second-order valence-corrected chi connectivity index (χ2v) is 5.96. The van der Waals surface area contributed by atoms with Crippen LogP contribution in [0.3, 0.4) is 0 Å². The van der Waals surface area contributed by atoms with Crippen LogP contribution in [0.15, 0.2) is 48.9 Å². The number of likely N-dealkylation sites (tertiary alicyclic amines) is 1. The first kappa shape index (κ1) is 14.6. The molecule has 0 saturated carbocycles. The summed E-state index contributed by atoms with van der Waals surface area (Å²) in [5, 5.41) is 12.8. The molecule has 7 nitrogen and oxygen atoms in total. The van der Waals surface area contributed by atoms with Crippen molar-refractivity contribution in [1.29, 1.82) is 0 Å². The van der Waals surface area contributed by atoms with Crippen LogP contribution >= 0.6 is 0 Å². The van der Waals surface area contributed by atoms with E-state index in [4.69, 9.17) is 0 Å². The van der Waals surface area contributed by atoms with Crippen molar-refractivity contribution in [2.45, 2.75) is 18.9 Å². The van der Waals surface area contributed by atoms with Gasteiger partial charge in [0.2, 0.25) is 0 Å². The SMILES string of the molecule is Cn1cc([C@H]2CCCN2C(=O)c2cnn(-c3ccccc3)n2)cn1. The Morgan fingerprint density at radius 3 is 2.75 bits per heavy atom. The van der Waals surface area contributed by atoms with Crippen LogP contribution in [0.2, 0.25) is 0 Å². The number of rotatable bonds is 3. The lowest BCUT2D eigenvalue weighted by Crippen LogP contribution is -2.30. The Balaban J connectivity index is 1.58. The van der Waals surface area contributed by atoms with Gasteiger partial charge in [0.1, 0.15) is 0 Å². The molecule has 2 aromatic heterocycles. The third kappa shape index (κ3) is 2.58. The number of para-hydroxylation sites is 1. The van der Waals surface area contributed by atoms with Crippen LogP contribution in [-0.2, 0) is 7.05 Å². The molecule has 1 aromatic carbocycles. The van der Waals surface area contributed by atoms with Gasteiger partial charge < -0.3 is 4.90 Å². The number of nitrogens with zero attached hydrogens (tertiary/aromatic N) is 6. The maximum atomic E-state index is 12.9. The molecule has 0 unspecified atom stereocenters. The lowest BCUT2D eigenvalue weighted by Gasteiger charge is -2.22. The van der Waals surface area contributed by atoms with Crippen LogP contribution in [0.1, 0.15) is 34.9 Å². The highest BCUT2D eigenvalue weighted by Gasteiger charge is 2.32. The average molecular weight is 322 g/mol. The summed E-state index contributed by atoms with van der Waals surface area (Å²) in [5.41, 5.74) is 2.27. The van der Waals surface area contributed by atoms with Crippen molar-refractivity contribution in [2.75, 3.05) is 6.54 Å². The maximum absolute atomic E-state index is 12.9. The molecule has 1 fully saturated rings. The van der Waals surface area contributed by atoms with Crippen LogP contribution in [-0.4, -0.2) is 42.1 Å². The fourth-order valence-corrected chi connectivity index (χ4v) is 3.16.